The Kier molecular flexibility index (Phi) is 9.79. The van der Waals surface area contributed by atoms with Crippen LogP contribution < -0.4 is 14.4 Å². The maximum absolute atomic E-state index is 13.6. The molecule has 1 N–H and O–H groups in total. The van der Waals surface area contributed by atoms with E-state index in [0.29, 0.717) is 11.3 Å². The second kappa shape index (κ2) is 12.3. The molecule has 12 heteroatoms. The van der Waals surface area contributed by atoms with Gasteiger partial charge in [-0.05, 0) is 44.0 Å². The van der Waals surface area contributed by atoms with Crippen molar-refractivity contribution in [1.82, 2.24) is 10.2 Å². The number of nitro groups is 1. The van der Waals surface area contributed by atoms with Gasteiger partial charge in [0.15, 0.2) is 0 Å². The summed E-state index contributed by atoms with van der Waals surface area (Å²) in [4.78, 5) is 38.5. The van der Waals surface area contributed by atoms with Crippen LogP contribution in [0.5, 0.6) is 5.75 Å². The van der Waals surface area contributed by atoms with Gasteiger partial charge in [0.2, 0.25) is 21.8 Å². The number of ether oxygens (including phenoxy) is 1. The molecule has 36 heavy (non-hydrogen) atoms. The fourth-order valence-electron chi connectivity index (χ4n) is 3.64. The number of carbonyl (C=O) groups excluding carboxylic acids is 2. The molecule has 2 amide bonds. The molecule has 0 fully saturated rings. The Morgan fingerprint density at radius 2 is 1.81 bits per heavy atom. The smallest absolute Gasteiger partial charge is 0.271 e. The second-order valence-electron chi connectivity index (χ2n) is 8.51. The lowest BCUT2D eigenvalue weighted by molar-refractivity contribution is -0.384. The van der Waals surface area contributed by atoms with Crippen LogP contribution in [0.2, 0.25) is 0 Å². The lowest BCUT2D eigenvalue weighted by Crippen LogP contribution is -2.53. The van der Waals surface area contributed by atoms with Gasteiger partial charge in [-0.25, -0.2) is 8.42 Å². The first-order valence-electron chi connectivity index (χ1n) is 11.3. The van der Waals surface area contributed by atoms with Gasteiger partial charge in [-0.2, -0.15) is 0 Å². The minimum atomic E-state index is -4.00. The summed E-state index contributed by atoms with van der Waals surface area (Å²) < 4.78 is 31.3. The largest absolute Gasteiger partial charge is 0.497 e. The maximum Gasteiger partial charge on any atom is 0.271 e. The molecule has 2 rings (SSSR count). The molecule has 0 aliphatic carbocycles. The molecule has 1 unspecified atom stereocenters. The fraction of sp³-hybridized carbons (Fsp3) is 0.417. The predicted octanol–water partition coefficient (Wildman–Crippen LogP) is 2.70. The third-order valence-electron chi connectivity index (χ3n) is 5.31. The number of anilines is 1. The summed E-state index contributed by atoms with van der Waals surface area (Å²) in [6.45, 7) is 4.73. The Bertz CT molecular complexity index is 1200. The highest BCUT2D eigenvalue weighted by Gasteiger charge is 2.32. The number of nitro benzene ring substituents is 1. The minimum Gasteiger partial charge on any atom is -0.497 e. The number of hydrogen-bond acceptors (Lipinski definition) is 7. The maximum atomic E-state index is 13.6. The highest BCUT2D eigenvalue weighted by molar-refractivity contribution is 7.92. The molecule has 0 aliphatic rings. The van der Waals surface area contributed by atoms with Gasteiger partial charge in [-0.1, -0.05) is 25.1 Å². The molecule has 0 heterocycles. The highest BCUT2D eigenvalue weighted by atomic mass is 32.2. The molecule has 0 aromatic heterocycles. The van der Waals surface area contributed by atoms with E-state index in [1.54, 1.807) is 45.0 Å². The van der Waals surface area contributed by atoms with Crippen molar-refractivity contribution in [2.75, 3.05) is 24.2 Å². The Balaban J connectivity index is 2.49. The zero-order valence-electron chi connectivity index (χ0n) is 21.0. The van der Waals surface area contributed by atoms with E-state index in [2.05, 4.69) is 5.32 Å². The monoisotopic (exact) mass is 520 g/mol. The minimum absolute atomic E-state index is 0.0204. The quantitative estimate of drug-likeness (QED) is 0.335. The van der Waals surface area contributed by atoms with Gasteiger partial charge in [-0.15, -0.1) is 0 Å². The Morgan fingerprint density at radius 3 is 2.36 bits per heavy atom. The lowest BCUT2D eigenvalue weighted by Gasteiger charge is -2.33. The number of hydrogen-bond donors (Lipinski definition) is 1. The van der Waals surface area contributed by atoms with E-state index < -0.39 is 33.4 Å². The number of benzene rings is 2. The van der Waals surface area contributed by atoms with Crippen LogP contribution in [0, 0.1) is 10.1 Å². The number of amides is 2. The van der Waals surface area contributed by atoms with Crippen LogP contribution in [0.15, 0.2) is 48.5 Å². The number of nitrogens with one attached hydrogen (secondary N) is 1. The SMILES string of the molecule is CCC(C(=O)NC(C)C)N(Cc1cccc(OC)c1)C(=O)CN(c1cccc([N+](=O)[O-])c1)S(C)(=O)=O. The van der Waals surface area contributed by atoms with Gasteiger partial charge in [0, 0.05) is 24.7 Å². The van der Waals surface area contributed by atoms with E-state index in [0.717, 1.165) is 16.6 Å². The fourth-order valence-corrected chi connectivity index (χ4v) is 4.48. The molecule has 0 radical (unpaired) electrons. The number of rotatable bonds is 12. The van der Waals surface area contributed by atoms with Gasteiger partial charge >= 0.3 is 0 Å². The molecular weight excluding hydrogens is 488 g/mol. The van der Waals surface area contributed by atoms with Crippen LogP contribution in [0.1, 0.15) is 32.8 Å². The van der Waals surface area contributed by atoms with Crippen molar-refractivity contribution in [3.8, 4) is 5.75 Å². The van der Waals surface area contributed by atoms with E-state index in [9.17, 15) is 28.1 Å². The standard InChI is InChI=1S/C24H32N4O7S/c1-6-22(24(30)25-17(2)3)26(15-18-9-7-12-21(13-18)35-4)23(29)16-27(36(5,33)34)19-10-8-11-20(14-19)28(31)32/h7-14,17,22H,6,15-16H2,1-5H3,(H,25,30). The van der Waals surface area contributed by atoms with Crippen molar-refractivity contribution in [1.29, 1.82) is 0 Å². The average molecular weight is 521 g/mol. The lowest BCUT2D eigenvalue weighted by atomic mass is 10.1. The molecule has 0 saturated heterocycles. The van der Waals surface area contributed by atoms with Gasteiger partial charge in [0.25, 0.3) is 5.69 Å². The van der Waals surface area contributed by atoms with Crippen LogP contribution >= 0.6 is 0 Å². The van der Waals surface area contributed by atoms with Crippen molar-refractivity contribution >= 4 is 33.2 Å². The van der Waals surface area contributed by atoms with E-state index >= 15 is 0 Å². The van der Waals surface area contributed by atoms with Crippen LogP contribution in [-0.2, 0) is 26.2 Å². The van der Waals surface area contributed by atoms with Crippen molar-refractivity contribution in [2.45, 2.75) is 45.8 Å². The Morgan fingerprint density at radius 1 is 1.14 bits per heavy atom. The van der Waals surface area contributed by atoms with Crippen molar-refractivity contribution in [3.63, 3.8) is 0 Å². The second-order valence-corrected chi connectivity index (χ2v) is 10.4. The number of methoxy groups -OCH3 is 1. The summed E-state index contributed by atoms with van der Waals surface area (Å²) in [6.07, 6.45) is 1.19. The van der Waals surface area contributed by atoms with Crippen molar-refractivity contribution < 1.29 is 27.7 Å². The third-order valence-corrected chi connectivity index (χ3v) is 6.45. The molecular formula is C24H32N4O7S. The molecule has 0 bridgehead atoms. The molecule has 0 spiro atoms. The van der Waals surface area contributed by atoms with Crippen LogP contribution in [0.4, 0.5) is 11.4 Å². The highest BCUT2D eigenvalue weighted by Crippen LogP contribution is 2.24. The van der Waals surface area contributed by atoms with Crippen LogP contribution in [0.25, 0.3) is 0 Å². The molecule has 2 aromatic carbocycles. The van der Waals surface area contributed by atoms with E-state index in [4.69, 9.17) is 4.74 Å². The third kappa shape index (κ3) is 7.67. The molecule has 2 aromatic rings. The molecule has 0 saturated carbocycles. The normalized spacial score (nSPS) is 12.1. The molecule has 0 aliphatic heterocycles. The summed E-state index contributed by atoms with van der Waals surface area (Å²) in [5, 5.41) is 14.0. The molecule has 11 nitrogen and oxygen atoms in total. The Hall–Kier alpha value is -3.67. The van der Waals surface area contributed by atoms with Gasteiger partial charge < -0.3 is 15.0 Å². The van der Waals surface area contributed by atoms with Gasteiger partial charge in [-0.3, -0.25) is 24.0 Å². The first-order chi connectivity index (χ1) is 16.9. The number of non-ortho nitro benzene ring substituents is 1. The number of nitrogens with zero attached hydrogens (tertiary/aromatic N) is 3. The topological polar surface area (TPSA) is 139 Å². The van der Waals surface area contributed by atoms with E-state index in [1.807, 2.05) is 0 Å². The zero-order chi connectivity index (χ0) is 27.0. The van der Waals surface area contributed by atoms with Gasteiger partial charge in [0.1, 0.15) is 18.3 Å². The first kappa shape index (κ1) is 28.6. The van der Waals surface area contributed by atoms with Crippen LogP contribution in [0.3, 0.4) is 0 Å². The van der Waals surface area contributed by atoms with Gasteiger partial charge in [0.05, 0.1) is 24.0 Å². The number of sulfonamides is 1. The zero-order valence-corrected chi connectivity index (χ0v) is 21.8. The molecule has 1 atom stereocenters. The number of carbonyl (C=O) groups is 2. The Labute approximate surface area is 211 Å². The summed E-state index contributed by atoms with van der Waals surface area (Å²) in [5.74, 6) is -0.445. The summed E-state index contributed by atoms with van der Waals surface area (Å²) in [7, 11) is -2.49. The van der Waals surface area contributed by atoms with Crippen LogP contribution in [-0.4, -0.2) is 62.0 Å². The first-order valence-corrected chi connectivity index (χ1v) is 13.2. The summed E-state index contributed by atoms with van der Waals surface area (Å²) in [5.41, 5.74) is 0.338. The van der Waals surface area contributed by atoms with Crippen molar-refractivity contribution in [2.24, 2.45) is 0 Å². The predicted molar refractivity (Wildman–Crippen MR) is 136 cm³/mol. The van der Waals surface area contributed by atoms with Crippen molar-refractivity contribution in [3.05, 3.63) is 64.2 Å². The van der Waals surface area contributed by atoms with E-state index in [1.165, 1.54) is 30.2 Å². The summed E-state index contributed by atoms with van der Waals surface area (Å²) >= 11 is 0. The summed E-state index contributed by atoms with van der Waals surface area (Å²) in [6, 6.07) is 11.0. The average Bonchev–Trinajstić information content (AvgIpc) is 2.81. The van der Waals surface area contributed by atoms with E-state index in [-0.39, 0.29) is 36.3 Å². The molecule has 196 valence electrons.